The normalized spacial score (nSPS) is 18.2. The standard InChI is InChI=1S/C22H23Cl2N3O3S/c1-14(28)29-15(2)30-18-5-3-4-16(10-18)12-26-8-9-27(13-21(26)24)22-25-19-7-6-17(23)11-20(19)31-22/h3-7,10-11,15,21H,8-9,12-13H2,1-2H3. The summed E-state index contributed by atoms with van der Waals surface area (Å²) in [5.41, 5.74) is 1.90. The fourth-order valence-electron chi connectivity index (χ4n) is 3.55. The van der Waals surface area contributed by atoms with E-state index in [1.165, 1.54) is 6.92 Å². The number of ether oxygens (including phenoxy) is 2. The Hall–Kier alpha value is -2.06. The van der Waals surface area contributed by atoms with E-state index in [2.05, 4.69) is 9.80 Å². The van der Waals surface area contributed by atoms with E-state index >= 15 is 0 Å². The zero-order valence-electron chi connectivity index (χ0n) is 17.3. The van der Waals surface area contributed by atoms with Gasteiger partial charge < -0.3 is 14.4 Å². The second-order valence-corrected chi connectivity index (χ2v) is 9.35. The lowest BCUT2D eigenvalue weighted by Gasteiger charge is -2.38. The zero-order chi connectivity index (χ0) is 22.0. The number of piperazine rings is 1. The van der Waals surface area contributed by atoms with Gasteiger partial charge in [0.2, 0.25) is 6.29 Å². The number of hydrogen-bond donors (Lipinski definition) is 0. The van der Waals surface area contributed by atoms with Crippen LogP contribution in [0, 0.1) is 0 Å². The van der Waals surface area contributed by atoms with Crippen LogP contribution in [-0.4, -0.2) is 47.3 Å². The number of anilines is 1. The van der Waals surface area contributed by atoms with Gasteiger partial charge in [-0.25, -0.2) is 4.98 Å². The maximum absolute atomic E-state index is 11.1. The molecule has 0 saturated carbocycles. The Balaban J connectivity index is 1.38. The number of thiazole rings is 1. The molecular weight excluding hydrogens is 457 g/mol. The fourth-order valence-corrected chi connectivity index (χ4v) is 5.16. The van der Waals surface area contributed by atoms with E-state index < -0.39 is 6.29 Å². The molecular formula is C22H23Cl2N3O3S. The van der Waals surface area contributed by atoms with Gasteiger partial charge in [-0.3, -0.25) is 9.69 Å². The molecule has 4 rings (SSSR count). The van der Waals surface area contributed by atoms with Gasteiger partial charge in [0.05, 0.1) is 10.2 Å². The minimum absolute atomic E-state index is 0.145. The first-order valence-electron chi connectivity index (χ1n) is 9.99. The average Bonchev–Trinajstić information content (AvgIpc) is 3.12. The van der Waals surface area contributed by atoms with Gasteiger partial charge in [0.15, 0.2) is 5.13 Å². The van der Waals surface area contributed by atoms with Gasteiger partial charge in [-0.2, -0.15) is 0 Å². The quantitative estimate of drug-likeness (QED) is 0.211. The predicted octanol–water partition coefficient (Wildman–Crippen LogP) is 5.12. The lowest BCUT2D eigenvalue weighted by molar-refractivity contribution is -0.158. The number of benzene rings is 2. The Morgan fingerprint density at radius 3 is 2.90 bits per heavy atom. The highest BCUT2D eigenvalue weighted by Crippen LogP contribution is 2.32. The summed E-state index contributed by atoms with van der Waals surface area (Å²) < 4.78 is 11.8. The minimum atomic E-state index is -0.638. The number of alkyl halides is 1. The summed E-state index contributed by atoms with van der Waals surface area (Å²) in [7, 11) is 0. The van der Waals surface area contributed by atoms with Gasteiger partial charge in [-0.1, -0.05) is 35.1 Å². The highest BCUT2D eigenvalue weighted by Gasteiger charge is 2.27. The molecule has 6 nitrogen and oxygen atoms in total. The van der Waals surface area contributed by atoms with Crippen molar-refractivity contribution in [1.29, 1.82) is 0 Å². The summed E-state index contributed by atoms with van der Waals surface area (Å²) in [5, 5.41) is 1.69. The molecule has 1 saturated heterocycles. The van der Waals surface area contributed by atoms with E-state index in [1.54, 1.807) is 18.3 Å². The van der Waals surface area contributed by atoms with E-state index in [9.17, 15) is 4.79 Å². The number of aromatic nitrogens is 1. The topological polar surface area (TPSA) is 54.9 Å². The van der Waals surface area contributed by atoms with Crippen molar-refractivity contribution in [3.8, 4) is 5.75 Å². The van der Waals surface area contributed by atoms with Gasteiger partial charge in [-0.15, -0.1) is 11.6 Å². The lowest BCUT2D eigenvalue weighted by Crippen LogP contribution is -2.50. The molecule has 1 aromatic heterocycles. The van der Waals surface area contributed by atoms with Crippen LogP contribution in [0.5, 0.6) is 5.75 Å². The smallest absolute Gasteiger partial charge is 0.305 e. The molecule has 2 heterocycles. The van der Waals surface area contributed by atoms with Crippen LogP contribution in [0.1, 0.15) is 19.4 Å². The average molecular weight is 480 g/mol. The molecule has 0 aliphatic carbocycles. The molecule has 31 heavy (non-hydrogen) atoms. The van der Waals surface area contributed by atoms with Crippen molar-refractivity contribution in [2.75, 3.05) is 24.5 Å². The summed E-state index contributed by atoms with van der Waals surface area (Å²) >= 11 is 14.5. The summed E-state index contributed by atoms with van der Waals surface area (Å²) in [6.07, 6.45) is -0.638. The van der Waals surface area contributed by atoms with Crippen molar-refractivity contribution in [3.05, 3.63) is 53.1 Å². The number of halogens is 2. The van der Waals surface area contributed by atoms with Crippen LogP contribution in [0.15, 0.2) is 42.5 Å². The van der Waals surface area contributed by atoms with Crippen LogP contribution in [0.3, 0.4) is 0 Å². The van der Waals surface area contributed by atoms with Crippen LogP contribution in [0.25, 0.3) is 10.2 Å². The number of esters is 1. The molecule has 2 aromatic carbocycles. The first-order valence-corrected chi connectivity index (χ1v) is 11.6. The number of rotatable bonds is 6. The molecule has 0 amide bonds. The molecule has 3 aromatic rings. The van der Waals surface area contributed by atoms with Gasteiger partial charge >= 0.3 is 5.97 Å². The molecule has 164 valence electrons. The molecule has 9 heteroatoms. The summed E-state index contributed by atoms with van der Waals surface area (Å²) in [5.74, 6) is 0.284. The van der Waals surface area contributed by atoms with Gasteiger partial charge in [-0.05, 0) is 35.9 Å². The van der Waals surface area contributed by atoms with E-state index in [4.69, 9.17) is 37.7 Å². The Morgan fingerprint density at radius 1 is 1.29 bits per heavy atom. The second kappa shape index (κ2) is 9.61. The Kier molecular flexibility index (Phi) is 6.86. The third-order valence-corrected chi connectivity index (χ3v) is 6.68. The van der Waals surface area contributed by atoms with Crippen molar-refractivity contribution < 1.29 is 14.3 Å². The molecule has 1 aliphatic heterocycles. The number of carbonyl (C=O) groups excluding carboxylic acids is 1. The third kappa shape index (κ3) is 5.60. The molecule has 1 fully saturated rings. The fraction of sp³-hybridized carbons (Fsp3) is 0.364. The number of fused-ring (bicyclic) bond motifs is 1. The van der Waals surface area contributed by atoms with Gasteiger partial charge in [0, 0.05) is 45.0 Å². The lowest BCUT2D eigenvalue weighted by atomic mass is 10.2. The molecule has 2 unspecified atom stereocenters. The van der Waals surface area contributed by atoms with E-state index in [0.717, 1.165) is 39.0 Å². The Bertz CT molecular complexity index is 1080. The Morgan fingerprint density at radius 2 is 2.13 bits per heavy atom. The highest BCUT2D eigenvalue weighted by molar-refractivity contribution is 7.22. The summed E-state index contributed by atoms with van der Waals surface area (Å²) in [6, 6.07) is 13.5. The first-order chi connectivity index (χ1) is 14.9. The Labute approximate surface area is 195 Å². The minimum Gasteiger partial charge on any atom is -0.455 e. The van der Waals surface area contributed by atoms with Crippen LogP contribution in [0.2, 0.25) is 5.02 Å². The van der Waals surface area contributed by atoms with Crippen molar-refractivity contribution in [2.45, 2.75) is 32.2 Å². The van der Waals surface area contributed by atoms with Crippen molar-refractivity contribution in [1.82, 2.24) is 9.88 Å². The SMILES string of the molecule is CC(=O)OC(C)Oc1cccc(CN2CCN(c3nc4ccc(Cl)cc4s3)CC2Cl)c1. The highest BCUT2D eigenvalue weighted by atomic mass is 35.5. The number of hydrogen-bond acceptors (Lipinski definition) is 7. The van der Waals surface area contributed by atoms with Crippen LogP contribution in [-0.2, 0) is 16.1 Å². The second-order valence-electron chi connectivity index (χ2n) is 7.40. The van der Waals surface area contributed by atoms with Crippen molar-refractivity contribution >= 4 is 55.9 Å². The van der Waals surface area contributed by atoms with E-state index in [0.29, 0.717) is 18.8 Å². The predicted molar refractivity (Wildman–Crippen MR) is 125 cm³/mol. The number of carbonyl (C=O) groups is 1. The molecule has 0 bridgehead atoms. The summed E-state index contributed by atoms with van der Waals surface area (Å²) in [4.78, 5) is 20.3. The van der Waals surface area contributed by atoms with Crippen LogP contribution >= 0.6 is 34.5 Å². The molecule has 0 spiro atoms. The maximum Gasteiger partial charge on any atom is 0.305 e. The molecule has 1 aliphatic rings. The molecule has 0 radical (unpaired) electrons. The van der Waals surface area contributed by atoms with Crippen LogP contribution < -0.4 is 9.64 Å². The third-order valence-electron chi connectivity index (χ3n) is 4.95. The summed E-state index contributed by atoms with van der Waals surface area (Å²) in [6.45, 7) is 6.11. The zero-order valence-corrected chi connectivity index (χ0v) is 19.6. The van der Waals surface area contributed by atoms with Crippen molar-refractivity contribution in [2.24, 2.45) is 0 Å². The monoisotopic (exact) mass is 479 g/mol. The van der Waals surface area contributed by atoms with Crippen molar-refractivity contribution in [3.63, 3.8) is 0 Å². The van der Waals surface area contributed by atoms with Crippen LogP contribution in [0.4, 0.5) is 5.13 Å². The maximum atomic E-state index is 11.1. The molecule has 2 atom stereocenters. The first kappa shape index (κ1) is 22.1. The molecule has 0 N–H and O–H groups in total. The van der Waals surface area contributed by atoms with Gasteiger partial charge in [0.1, 0.15) is 11.3 Å². The largest absolute Gasteiger partial charge is 0.455 e. The van der Waals surface area contributed by atoms with E-state index in [1.807, 2.05) is 42.5 Å². The van der Waals surface area contributed by atoms with E-state index in [-0.39, 0.29) is 11.5 Å². The van der Waals surface area contributed by atoms with Gasteiger partial charge in [0.25, 0.3) is 0 Å². The number of nitrogens with zero attached hydrogens (tertiary/aromatic N) is 3.